The van der Waals surface area contributed by atoms with Crippen LogP contribution < -0.4 is 14.8 Å². The second kappa shape index (κ2) is 7.96. The summed E-state index contributed by atoms with van der Waals surface area (Å²) in [4.78, 5) is 12.2. The van der Waals surface area contributed by atoms with Gasteiger partial charge >= 0.3 is 0 Å². The van der Waals surface area contributed by atoms with Crippen molar-refractivity contribution in [2.75, 3.05) is 20.3 Å². The molecule has 1 fully saturated rings. The van der Waals surface area contributed by atoms with Crippen LogP contribution in [0.3, 0.4) is 0 Å². The molecule has 1 amide bonds. The minimum Gasteiger partial charge on any atom is -0.496 e. The Morgan fingerprint density at radius 1 is 1.46 bits per heavy atom. The zero-order valence-corrected chi connectivity index (χ0v) is 15.0. The molecule has 1 heterocycles. The molecule has 0 aromatic heterocycles. The molecule has 134 valence electrons. The van der Waals surface area contributed by atoms with Crippen LogP contribution in [0.4, 0.5) is 0 Å². The van der Waals surface area contributed by atoms with Crippen molar-refractivity contribution in [1.29, 1.82) is 0 Å². The first kappa shape index (κ1) is 18.7. The van der Waals surface area contributed by atoms with Gasteiger partial charge in [-0.15, -0.1) is 0 Å². The Balaban J connectivity index is 1.96. The summed E-state index contributed by atoms with van der Waals surface area (Å²) in [6.45, 7) is 4.38. The van der Waals surface area contributed by atoms with Crippen LogP contribution in [-0.2, 0) is 19.6 Å². The van der Waals surface area contributed by atoms with Crippen LogP contribution in [0.1, 0.15) is 25.3 Å². The van der Waals surface area contributed by atoms with Gasteiger partial charge in [-0.1, -0.05) is 0 Å². The fourth-order valence-electron chi connectivity index (χ4n) is 2.55. The summed E-state index contributed by atoms with van der Waals surface area (Å²) in [6, 6.07) is 3.67. The molecule has 0 saturated carbocycles. The van der Waals surface area contributed by atoms with Gasteiger partial charge in [-0.05, 0) is 50.5 Å². The SMILES string of the molecule is COc1ccc(S(=O)(=O)N[C@H](C)C(=O)NC[C@H]2CCCO2)cc1C. The van der Waals surface area contributed by atoms with Gasteiger partial charge in [-0.3, -0.25) is 4.79 Å². The van der Waals surface area contributed by atoms with Gasteiger partial charge in [0, 0.05) is 13.2 Å². The van der Waals surface area contributed by atoms with E-state index < -0.39 is 16.1 Å². The molecule has 1 aromatic rings. The third-order valence-electron chi connectivity index (χ3n) is 3.93. The summed E-state index contributed by atoms with van der Waals surface area (Å²) in [5.74, 6) is 0.232. The summed E-state index contributed by atoms with van der Waals surface area (Å²) < 4.78 is 37.7. The van der Waals surface area contributed by atoms with Gasteiger partial charge in [-0.25, -0.2) is 8.42 Å². The molecule has 1 aliphatic heterocycles. The lowest BCUT2D eigenvalue weighted by atomic mass is 10.2. The number of hydrogen-bond acceptors (Lipinski definition) is 5. The molecule has 2 atom stereocenters. The van der Waals surface area contributed by atoms with E-state index >= 15 is 0 Å². The van der Waals surface area contributed by atoms with Crippen LogP contribution >= 0.6 is 0 Å². The summed E-state index contributed by atoms with van der Waals surface area (Å²) in [5.41, 5.74) is 0.705. The number of benzene rings is 1. The third kappa shape index (κ3) is 4.68. The van der Waals surface area contributed by atoms with Gasteiger partial charge in [0.15, 0.2) is 0 Å². The van der Waals surface area contributed by atoms with E-state index in [2.05, 4.69) is 10.0 Å². The molecule has 24 heavy (non-hydrogen) atoms. The summed E-state index contributed by atoms with van der Waals surface area (Å²) in [6.07, 6.45) is 1.91. The number of sulfonamides is 1. The van der Waals surface area contributed by atoms with E-state index in [0.29, 0.717) is 24.5 Å². The highest BCUT2D eigenvalue weighted by molar-refractivity contribution is 7.89. The van der Waals surface area contributed by atoms with Crippen molar-refractivity contribution in [3.05, 3.63) is 23.8 Å². The first-order chi connectivity index (χ1) is 11.3. The number of aryl methyl sites for hydroxylation is 1. The van der Waals surface area contributed by atoms with E-state index in [9.17, 15) is 13.2 Å². The Labute approximate surface area is 142 Å². The maximum atomic E-state index is 12.4. The molecule has 1 aromatic carbocycles. The summed E-state index contributed by atoms with van der Waals surface area (Å²) in [7, 11) is -2.26. The van der Waals surface area contributed by atoms with Gasteiger partial charge in [-0.2, -0.15) is 4.72 Å². The highest BCUT2D eigenvalue weighted by atomic mass is 32.2. The molecule has 0 unspecified atom stereocenters. The molecule has 0 radical (unpaired) electrons. The molecule has 0 bridgehead atoms. The number of carbonyl (C=O) groups excluding carboxylic acids is 1. The number of rotatable bonds is 7. The first-order valence-electron chi connectivity index (χ1n) is 7.90. The monoisotopic (exact) mass is 356 g/mol. The maximum absolute atomic E-state index is 12.4. The maximum Gasteiger partial charge on any atom is 0.241 e. The Bertz CT molecular complexity index is 684. The number of methoxy groups -OCH3 is 1. The second-order valence-electron chi connectivity index (χ2n) is 5.85. The molecule has 7 nitrogen and oxygen atoms in total. The van der Waals surface area contributed by atoms with Crippen molar-refractivity contribution < 1.29 is 22.7 Å². The van der Waals surface area contributed by atoms with Gasteiger partial charge in [0.1, 0.15) is 5.75 Å². The summed E-state index contributed by atoms with van der Waals surface area (Å²) in [5, 5.41) is 2.72. The van der Waals surface area contributed by atoms with Crippen molar-refractivity contribution in [3.63, 3.8) is 0 Å². The molecule has 1 saturated heterocycles. The lowest BCUT2D eigenvalue weighted by molar-refractivity contribution is -0.122. The number of amides is 1. The average molecular weight is 356 g/mol. The zero-order valence-electron chi connectivity index (χ0n) is 14.2. The average Bonchev–Trinajstić information content (AvgIpc) is 3.05. The summed E-state index contributed by atoms with van der Waals surface area (Å²) >= 11 is 0. The lowest BCUT2D eigenvalue weighted by Crippen LogP contribution is -2.46. The molecule has 2 N–H and O–H groups in total. The van der Waals surface area contributed by atoms with Gasteiger partial charge in [0.05, 0.1) is 24.2 Å². The fraction of sp³-hybridized carbons (Fsp3) is 0.562. The van der Waals surface area contributed by atoms with E-state index in [1.807, 2.05) is 0 Å². The van der Waals surface area contributed by atoms with Crippen molar-refractivity contribution in [1.82, 2.24) is 10.0 Å². The highest BCUT2D eigenvalue weighted by Crippen LogP contribution is 2.21. The third-order valence-corrected chi connectivity index (χ3v) is 5.47. The number of hydrogen-bond donors (Lipinski definition) is 2. The van der Waals surface area contributed by atoms with Crippen molar-refractivity contribution in [2.24, 2.45) is 0 Å². The standard InChI is InChI=1S/C16H24N2O5S/c1-11-9-14(6-7-15(11)22-3)24(20,21)18-12(2)16(19)17-10-13-5-4-8-23-13/h6-7,9,12-13,18H,4-5,8,10H2,1-3H3,(H,17,19)/t12-,13-/m1/s1. The van der Waals surface area contributed by atoms with Gasteiger partial charge < -0.3 is 14.8 Å². The molecular weight excluding hydrogens is 332 g/mol. The Morgan fingerprint density at radius 2 is 2.21 bits per heavy atom. The highest BCUT2D eigenvalue weighted by Gasteiger charge is 2.24. The van der Waals surface area contributed by atoms with Crippen LogP contribution in [0.25, 0.3) is 0 Å². The van der Waals surface area contributed by atoms with E-state index in [1.165, 1.54) is 26.2 Å². The Morgan fingerprint density at radius 3 is 2.79 bits per heavy atom. The molecule has 1 aliphatic rings. The topological polar surface area (TPSA) is 93.7 Å². The number of carbonyl (C=O) groups is 1. The molecule has 0 spiro atoms. The van der Waals surface area contributed by atoms with Crippen molar-refractivity contribution >= 4 is 15.9 Å². The Hall–Kier alpha value is -1.64. The zero-order chi connectivity index (χ0) is 17.7. The minimum atomic E-state index is -3.79. The fourth-order valence-corrected chi connectivity index (χ4v) is 3.83. The van der Waals surface area contributed by atoms with Crippen molar-refractivity contribution in [3.8, 4) is 5.75 Å². The molecule has 8 heteroatoms. The smallest absolute Gasteiger partial charge is 0.241 e. The molecule has 2 rings (SSSR count). The van der Waals surface area contributed by atoms with E-state index in [1.54, 1.807) is 13.0 Å². The van der Waals surface area contributed by atoms with Crippen LogP contribution in [0.15, 0.2) is 23.1 Å². The normalized spacial score (nSPS) is 19.0. The molecule has 0 aliphatic carbocycles. The van der Waals surface area contributed by atoms with Crippen molar-refractivity contribution in [2.45, 2.75) is 43.7 Å². The minimum absolute atomic E-state index is 0.0157. The molecular formula is C16H24N2O5S. The Kier molecular flexibility index (Phi) is 6.20. The number of nitrogens with one attached hydrogen (secondary N) is 2. The van der Waals surface area contributed by atoms with E-state index in [4.69, 9.17) is 9.47 Å². The van der Waals surface area contributed by atoms with Crippen LogP contribution in [0.2, 0.25) is 0 Å². The van der Waals surface area contributed by atoms with E-state index in [-0.39, 0.29) is 16.9 Å². The predicted octanol–water partition coefficient (Wildman–Crippen LogP) is 0.966. The van der Waals surface area contributed by atoms with Gasteiger partial charge in [0.2, 0.25) is 15.9 Å². The number of ether oxygens (including phenoxy) is 2. The quantitative estimate of drug-likeness (QED) is 0.759. The largest absolute Gasteiger partial charge is 0.496 e. The van der Waals surface area contributed by atoms with Crippen LogP contribution in [0, 0.1) is 6.92 Å². The predicted molar refractivity (Wildman–Crippen MR) is 89.5 cm³/mol. The van der Waals surface area contributed by atoms with E-state index in [0.717, 1.165) is 12.8 Å². The second-order valence-corrected chi connectivity index (χ2v) is 7.57. The van der Waals surface area contributed by atoms with Gasteiger partial charge in [0.25, 0.3) is 0 Å². The van der Waals surface area contributed by atoms with Crippen LogP contribution in [0.5, 0.6) is 5.75 Å². The lowest BCUT2D eigenvalue weighted by Gasteiger charge is -2.17. The van der Waals surface area contributed by atoms with Crippen LogP contribution in [-0.4, -0.2) is 46.7 Å². The first-order valence-corrected chi connectivity index (χ1v) is 9.38.